The van der Waals surface area contributed by atoms with E-state index in [1.165, 1.54) is 11.1 Å². The Hall–Kier alpha value is -2.53. The normalized spacial score (nSPS) is 11.6. The topological polar surface area (TPSA) is 59.6 Å². The van der Waals surface area contributed by atoms with Crippen LogP contribution in [-0.4, -0.2) is 39.9 Å². The molecule has 0 saturated carbocycles. The van der Waals surface area contributed by atoms with E-state index in [4.69, 9.17) is 9.47 Å². The van der Waals surface area contributed by atoms with Crippen LogP contribution >= 0.6 is 0 Å². The Morgan fingerprint density at radius 2 is 1.72 bits per heavy atom. The predicted molar refractivity (Wildman–Crippen MR) is 99.2 cm³/mol. The van der Waals surface area contributed by atoms with Gasteiger partial charge >= 0.3 is 6.03 Å². The molecule has 2 N–H and O–H groups in total. The number of ether oxygens (including phenoxy) is 2. The molecule has 1 unspecified atom stereocenters. The van der Waals surface area contributed by atoms with E-state index >= 15 is 0 Å². The number of benzene rings is 2. The van der Waals surface area contributed by atoms with Crippen LogP contribution in [-0.2, 0) is 11.2 Å². The number of urea groups is 1. The predicted octanol–water partition coefficient (Wildman–Crippen LogP) is 2.97. The number of methoxy groups -OCH3 is 2. The quantitative estimate of drug-likeness (QED) is 0.689. The van der Waals surface area contributed by atoms with Crippen molar-refractivity contribution < 1.29 is 14.3 Å². The van der Waals surface area contributed by atoms with Gasteiger partial charge in [-0.1, -0.05) is 42.5 Å². The van der Waals surface area contributed by atoms with Gasteiger partial charge in [0.25, 0.3) is 0 Å². The molecule has 0 aromatic heterocycles. The molecule has 5 heteroatoms. The standard InChI is InChI=1S/C20H26N2O3/c1-24-13-12-21-20(23)22-15-18(17-6-4-3-5-7-17)14-16-8-10-19(25-2)11-9-16/h3-11,18H,12-15H2,1-2H3,(H2,21,22,23). The van der Waals surface area contributed by atoms with E-state index in [2.05, 4.69) is 34.9 Å². The average Bonchev–Trinajstić information content (AvgIpc) is 2.66. The molecule has 0 aliphatic carbocycles. The molecule has 2 aromatic carbocycles. The zero-order valence-electron chi connectivity index (χ0n) is 14.8. The van der Waals surface area contributed by atoms with Gasteiger partial charge in [0.2, 0.25) is 0 Å². The number of rotatable bonds is 9. The van der Waals surface area contributed by atoms with Crippen molar-refractivity contribution in [2.24, 2.45) is 0 Å². The summed E-state index contributed by atoms with van der Waals surface area (Å²) in [6.45, 7) is 1.56. The summed E-state index contributed by atoms with van der Waals surface area (Å²) >= 11 is 0. The Labute approximate surface area is 149 Å². The largest absolute Gasteiger partial charge is 0.497 e. The fourth-order valence-electron chi connectivity index (χ4n) is 2.62. The molecule has 0 saturated heterocycles. The molecule has 0 aliphatic rings. The number of hydrogen-bond acceptors (Lipinski definition) is 3. The van der Waals surface area contributed by atoms with Crippen molar-refractivity contribution in [3.05, 3.63) is 65.7 Å². The Balaban J connectivity index is 1.99. The van der Waals surface area contributed by atoms with Gasteiger partial charge in [-0.25, -0.2) is 4.79 Å². The van der Waals surface area contributed by atoms with Crippen LogP contribution in [0.3, 0.4) is 0 Å². The highest BCUT2D eigenvalue weighted by Gasteiger charge is 2.14. The summed E-state index contributed by atoms with van der Waals surface area (Å²) in [7, 11) is 3.27. The molecule has 0 heterocycles. The van der Waals surface area contributed by atoms with Crippen molar-refractivity contribution >= 4 is 6.03 Å². The SMILES string of the molecule is COCCNC(=O)NCC(Cc1ccc(OC)cc1)c1ccccc1. The highest BCUT2D eigenvalue weighted by molar-refractivity contribution is 5.73. The van der Waals surface area contributed by atoms with Crippen LogP contribution < -0.4 is 15.4 Å². The maximum Gasteiger partial charge on any atom is 0.314 e. The Morgan fingerprint density at radius 1 is 1.00 bits per heavy atom. The van der Waals surface area contributed by atoms with Gasteiger partial charge in [-0.3, -0.25) is 0 Å². The number of carbonyl (C=O) groups excluding carboxylic acids is 1. The molecule has 1 atom stereocenters. The zero-order valence-corrected chi connectivity index (χ0v) is 14.8. The molecule has 2 rings (SSSR count). The van der Waals surface area contributed by atoms with Crippen LogP contribution in [0.1, 0.15) is 17.0 Å². The van der Waals surface area contributed by atoms with Crippen molar-refractivity contribution in [3.8, 4) is 5.75 Å². The van der Waals surface area contributed by atoms with Crippen LogP contribution in [0.5, 0.6) is 5.75 Å². The van der Waals surface area contributed by atoms with Gasteiger partial charge < -0.3 is 20.1 Å². The first-order chi connectivity index (χ1) is 12.2. The molecule has 2 aromatic rings. The first kappa shape index (κ1) is 18.8. The second-order valence-corrected chi connectivity index (χ2v) is 5.79. The summed E-state index contributed by atoms with van der Waals surface area (Å²) in [6, 6.07) is 18.1. The van der Waals surface area contributed by atoms with Crippen LogP contribution in [0, 0.1) is 0 Å². The number of amides is 2. The van der Waals surface area contributed by atoms with Crippen molar-refractivity contribution in [3.63, 3.8) is 0 Å². The third kappa shape index (κ3) is 6.47. The van der Waals surface area contributed by atoms with Crippen LogP contribution in [0.25, 0.3) is 0 Å². The molecule has 134 valence electrons. The van der Waals surface area contributed by atoms with Gasteiger partial charge in [-0.05, 0) is 29.7 Å². The summed E-state index contributed by atoms with van der Waals surface area (Å²) in [6.07, 6.45) is 0.840. The van der Waals surface area contributed by atoms with Crippen molar-refractivity contribution in [1.82, 2.24) is 10.6 Å². The molecule has 0 spiro atoms. The van der Waals surface area contributed by atoms with Gasteiger partial charge in [-0.15, -0.1) is 0 Å². The summed E-state index contributed by atoms with van der Waals surface area (Å²) in [5.41, 5.74) is 2.41. The molecule has 0 radical (unpaired) electrons. The van der Waals surface area contributed by atoms with Gasteiger partial charge in [-0.2, -0.15) is 0 Å². The summed E-state index contributed by atoms with van der Waals surface area (Å²) in [5, 5.41) is 5.73. The minimum atomic E-state index is -0.173. The molecule has 25 heavy (non-hydrogen) atoms. The Bertz CT molecular complexity index is 629. The third-order valence-electron chi connectivity index (χ3n) is 4.01. The number of hydrogen-bond donors (Lipinski definition) is 2. The smallest absolute Gasteiger partial charge is 0.314 e. The lowest BCUT2D eigenvalue weighted by molar-refractivity contribution is 0.195. The minimum Gasteiger partial charge on any atom is -0.497 e. The lowest BCUT2D eigenvalue weighted by Gasteiger charge is -2.19. The van der Waals surface area contributed by atoms with Crippen LogP contribution in [0.4, 0.5) is 4.79 Å². The molecule has 5 nitrogen and oxygen atoms in total. The minimum absolute atomic E-state index is 0.173. The summed E-state index contributed by atoms with van der Waals surface area (Å²) in [4.78, 5) is 11.9. The van der Waals surface area contributed by atoms with Gasteiger partial charge in [0.15, 0.2) is 0 Å². The molecule has 0 fully saturated rings. The van der Waals surface area contributed by atoms with Crippen LogP contribution in [0.2, 0.25) is 0 Å². The maximum atomic E-state index is 11.9. The summed E-state index contributed by atoms with van der Waals surface area (Å²) in [5.74, 6) is 1.04. The van der Waals surface area contributed by atoms with Crippen molar-refractivity contribution in [2.45, 2.75) is 12.3 Å². The fourth-order valence-corrected chi connectivity index (χ4v) is 2.62. The fraction of sp³-hybridized carbons (Fsp3) is 0.350. The highest BCUT2D eigenvalue weighted by atomic mass is 16.5. The van der Waals surface area contributed by atoms with Gasteiger partial charge in [0.1, 0.15) is 5.75 Å². The lowest BCUT2D eigenvalue weighted by Crippen LogP contribution is -2.39. The zero-order chi connectivity index (χ0) is 17.9. The molecule has 0 aliphatic heterocycles. The van der Waals surface area contributed by atoms with Crippen LogP contribution in [0.15, 0.2) is 54.6 Å². The second kappa shape index (κ2) is 10.4. The highest BCUT2D eigenvalue weighted by Crippen LogP contribution is 2.22. The number of nitrogens with one attached hydrogen (secondary N) is 2. The number of carbonyl (C=O) groups is 1. The van der Waals surface area contributed by atoms with Crippen molar-refractivity contribution in [2.75, 3.05) is 33.9 Å². The molecule has 0 bridgehead atoms. The maximum absolute atomic E-state index is 11.9. The van der Waals surface area contributed by atoms with Crippen molar-refractivity contribution in [1.29, 1.82) is 0 Å². The average molecular weight is 342 g/mol. The molecular weight excluding hydrogens is 316 g/mol. The van der Waals surface area contributed by atoms with E-state index in [0.29, 0.717) is 19.7 Å². The van der Waals surface area contributed by atoms with Gasteiger partial charge in [0, 0.05) is 26.1 Å². The Morgan fingerprint density at radius 3 is 2.36 bits per heavy atom. The van der Waals surface area contributed by atoms with E-state index in [1.807, 2.05) is 30.3 Å². The third-order valence-corrected chi connectivity index (χ3v) is 4.01. The molecular formula is C20H26N2O3. The Kier molecular flexibility index (Phi) is 7.79. The van der Waals surface area contributed by atoms with E-state index in [0.717, 1.165) is 12.2 Å². The van der Waals surface area contributed by atoms with Gasteiger partial charge in [0.05, 0.1) is 13.7 Å². The second-order valence-electron chi connectivity index (χ2n) is 5.79. The van der Waals surface area contributed by atoms with E-state index < -0.39 is 0 Å². The monoisotopic (exact) mass is 342 g/mol. The molecule has 2 amide bonds. The first-order valence-corrected chi connectivity index (χ1v) is 8.41. The van der Waals surface area contributed by atoms with E-state index in [1.54, 1.807) is 14.2 Å². The summed E-state index contributed by atoms with van der Waals surface area (Å²) < 4.78 is 10.1. The van der Waals surface area contributed by atoms with E-state index in [9.17, 15) is 4.79 Å². The lowest BCUT2D eigenvalue weighted by atomic mass is 9.92. The van der Waals surface area contributed by atoms with E-state index in [-0.39, 0.29) is 11.9 Å². The first-order valence-electron chi connectivity index (χ1n) is 8.41.